The van der Waals surface area contributed by atoms with Gasteiger partial charge in [-0.15, -0.1) is 0 Å². The van der Waals surface area contributed by atoms with Crippen molar-refractivity contribution in [2.24, 2.45) is 5.73 Å². The molecule has 0 heterocycles. The third-order valence-corrected chi connectivity index (χ3v) is 3.62. The molecule has 1 unspecified atom stereocenters. The summed E-state index contributed by atoms with van der Waals surface area (Å²) < 4.78 is 19.2. The lowest BCUT2D eigenvalue weighted by Crippen LogP contribution is -2.16. The summed E-state index contributed by atoms with van der Waals surface area (Å²) in [4.78, 5) is 0. The second-order valence-electron chi connectivity index (χ2n) is 3.44. The fourth-order valence-corrected chi connectivity index (χ4v) is 2.58. The first-order valence-electron chi connectivity index (χ1n) is 4.53. The first kappa shape index (κ1) is 11.2. The van der Waals surface area contributed by atoms with E-state index < -0.39 is 9.73 Å². The van der Waals surface area contributed by atoms with Crippen molar-refractivity contribution in [2.75, 3.05) is 12.3 Å². The topological polar surface area (TPSA) is 66.9 Å². The van der Waals surface area contributed by atoms with E-state index in [1.54, 1.807) is 0 Å². The summed E-state index contributed by atoms with van der Waals surface area (Å²) in [5, 5.41) is 0. The van der Waals surface area contributed by atoms with Gasteiger partial charge in [0.25, 0.3) is 0 Å². The molecule has 0 aliphatic rings. The molecule has 0 saturated carbocycles. The molecule has 1 rings (SSSR count). The fraction of sp³-hybridized carbons (Fsp3) is 0.400. The molecule has 0 amide bonds. The zero-order valence-corrected chi connectivity index (χ0v) is 9.14. The van der Waals surface area contributed by atoms with Gasteiger partial charge in [-0.05, 0) is 12.5 Å². The minimum atomic E-state index is -2.53. The van der Waals surface area contributed by atoms with Crippen molar-refractivity contribution in [3.63, 3.8) is 0 Å². The number of benzene rings is 1. The molecular formula is C10H16N2OS. The predicted molar refractivity (Wildman–Crippen MR) is 59.7 cm³/mol. The van der Waals surface area contributed by atoms with E-state index in [0.717, 1.165) is 11.1 Å². The Morgan fingerprint density at radius 1 is 1.50 bits per heavy atom. The Balaban J connectivity index is 2.79. The van der Waals surface area contributed by atoms with Crippen LogP contribution in [0.2, 0.25) is 0 Å². The van der Waals surface area contributed by atoms with Gasteiger partial charge in [-0.1, -0.05) is 29.8 Å². The van der Waals surface area contributed by atoms with Crippen LogP contribution in [0, 0.1) is 11.7 Å². The van der Waals surface area contributed by atoms with Gasteiger partial charge < -0.3 is 5.73 Å². The fourth-order valence-electron chi connectivity index (χ4n) is 1.33. The van der Waals surface area contributed by atoms with Gasteiger partial charge in [0.2, 0.25) is 0 Å². The molecule has 4 heteroatoms. The lowest BCUT2D eigenvalue weighted by atomic mass is 10.2. The molecule has 0 bridgehead atoms. The number of nitrogens with two attached hydrogens (primary N) is 1. The second-order valence-corrected chi connectivity index (χ2v) is 5.76. The summed E-state index contributed by atoms with van der Waals surface area (Å²) in [6, 6.07) is 7.77. The average molecular weight is 212 g/mol. The van der Waals surface area contributed by atoms with E-state index in [-0.39, 0.29) is 5.75 Å². The van der Waals surface area contributed by atoms with E-state index >= 15 is 0 Å². The normalized spacial score (nSPS) is 15.0. The Kier molecular flexibility index (Phi) is 3.66. The van der Waals surface area contributed by atoms with Crippen LogP contribution in [0.4, 0.5) is 0 Å². The monoisotopic (exact) mass is 212 g/mol. The van der Waals surface area contributed by atoms with Crippen LogP contribution >= 0.6 is 0 Å². The summed E-state index contributed by atoms with van der Waals surface area (Å²) in [5.74, 6) is 0.590. The smallest absolute Gasteiger partial charge is 0.0566 e. The molecule has 0 aliphatic carbocycles. The summed E-state index contributed by atoms with van der Waals surface area (Å²) in [5.41, 5.74) is 7.39. The van der Waals surface area contributed by atoms with E-state index in [0.29, 0.717) is 12.3 Å². The molecule has 0 radical (unpaired) electrons. The zero-order valence-electron chi connectivity index (χ0n) is 8.32. The van der Waals surface area contributed by atoms with Gasteiger partial charge in [-0.25, -0.2) is 4.21 Å². The molecule has 3 N–H and O–H groups in total. The maximum absolute atomic E-state index is 11.7. The number of aryl methyl sites for hydroxylation is 1. The van der Waals surface area contributed by atoms with Gasteiger partial charge in [0.05, 0.1) is 5.75 Å². The van der Waals surface area contributed by atoms with Gasteiger partial charge in [0.1, 0.15) is 0 Å². The SMILES string of the molecule is Cc1cccc(CS(=N)(=O)CCN)c1. The van der Waals surface area contributed by atoms with Crippen molar-refractivity contribution in [2.45, 2.75) is 12.7 Å². The van der Waals surface area contributed by atoms with Crippen LogP contribution in [0.1, 0.15) is 11.1 Å². The standard InChI is InChI=1S/C10H16N2OS/c1-9-3-2-4-10(7-9)8-14(12,13)6-5-11/h2-4,7,12H,5-6,8,11H2,1H3. The lowest BCUT2D eigenvalue weighted by Gasteiger charge is -2.06. The highest BCUT2D eigenvalue weighted by Crippen LogP contribution is 2.09. The summed E-state index contributed by atoms with van der Waals surface area (Å²) in [6.07, 6.45) is 0. The van der Waals surface area contributed by atoms with Crippen LogP contribution in [-0.2, 0) is 15.5 Å². The predicted octanol–water partition coefficient (Wildman–Crippen LogP) is 1.50. The molecule has 0 fully saturated rings. The summed E-state index contributed by atoms with van der Waals surface area (Å²) in [6.45, 7) is 2.30. The molecule has 0 spiro atoms. The van der Waals surface area contributed by atoms with E-state index in [9.17, 15) is 4.21 Å². The third-order valence-electron chi connectivity index (χ3n) is 1.93. The second kappa shape index (κ2) is 4.57. The molecule has 1 atom stereocenters. The van der Waals surface area contributed by atoms with Crippen molar-refractivity contribution < 1.29 is 4.21 Å². The minimum absolute atomic E-state index is 0.279. The zero-order chi connectivity index (χ0) is 10.6. The Labute approximate surface area is 85.3 Å². The Morgan fingerprint density at radius 2 is 2.21 bits per heavy atom. The van der Waals surface area contributed by atoms with Gasteiger partial charge in [-0.3, -0.25) is 4.78 Å². The maximum atomic E-state index is 11.7. The van der Waals surface area contributed by atoms with E-state index in [1.165, 1.54) is 0 Å². The molecule has 0 aliphatic heterocycles. The van der Waals surface area contributed by atoms with Gasteiger partial charge >= 0.3 is 0 Å². The number of hydrogen-bond donors (Lipinski definition) is 2. The Hall–Kier alpha value is -0.870. The Morgan fingerprint density at radius 3 is 2.79 bits per heavy atom. The van der Waals surface area contributed by atoms with Crippen LogP contribution in [-0.4, -0.2) is 16.5 Å². The van der Waals surface area contributed by atoms with Gasteiger partial charge in [-0.2, -0.15) is 0 Å². The molecule has 1 aromatic carbocycles. The molecule has 0 aromatic heterocycles. The van der Waals surface area contributed by atoms with Crippen LogP contribution in [0.5, 0.6) is 0 Å². The summed E-state index contributed by atoms with van der Waals surface area (Å²) in [7, 11) is -2.53. The van der Waals surface area contributed by atoms with E-state index in [4.69, 9.17) is 10.5 Å². The first-order chi connectivity index (χ1) is 6.53. The maximum Gasteiger partial charge on any atom is 0.0566 e. The molecule has 0 saturated heterocycles. The van der Waals surface area contributed by atoms with Gasteiger partial charge in [0, 0.05) is 22.0 Å². The number of nitrogens with one attached hydrogen (secondary N) is 1. The highest BCUT2D eigenvalue weighted by molar-refractivity contribution is 7.91. The Bertz CT molecular complexity index is 398. The molecule has 14 heavy (non-hydrogen) atoms. The highest BCUT2D eigenvalue weighted by atomic mass is 32.2. The van der Waals surface area contributed by atoms with Crippen molar-refractivity contribution >= 4 is 9.73 Å². The molecule has 3 nitrogen and oxygen atoms in total. The van der Waals surface area contributed by atoms with Crippen molar-refractivity contribution in [1.82, 2.24) is 0 Å². The minimum Gasteiger partial charge on any atom is -0.330 e. The van der Waals surface area contributed by atoms with Crippen LogP contribution in [0.15, 0.2) is 24.3 Å². The molecule has 78 valence electrons. The van der Waals surface area contributed by atoms with E-state index in [1.807, 2.05) is 31.2 Å². The number of hydrogen-bond acceptors (Lipinski definition) is 3. The summed E-state index contributed by atoms with van der Waals surface area (Å²) >= 11 is 0. The first-order valence-corrected chi connectivity index (χ1v) is 6.43. The third kappa shape index (κ3) is 3.47. The van der Waals surface area contributed by atoms with Crippen LogP contribution < -0.4 is 5.73 Å². The van der Waals surface area contributed by atoms with Gasteiger partial charge in [0.15, 0.2) is 0 Å². The molecular weight excluding hydrogens is 196 g/mol. The highest BCUT2D eigenvalue weighted by Gasteiger charge is 2.06. The van der Waals surface area contributed by atoms with E-state index in [2.05, 4.69) is 0 Å². The largest absolute Gasteiger partial charge is 0.330 e. The van der Waals surface area contributed by atoms with Crippen molar-refractivity contribution in [1.29, 1.82) is 4.78 Å². The lowest BCUT2D eigenvalue weighted by molar-refractivity contribution is 0.673. The van der Waals surface area contributed by atoms with Crippen LogP contribution in [0.25, 0.3) is 0 Å². The number of rotatable bonds is 4. The average Bonchev–Trinajstić information content (AvgIpc) is 2.02. The quantitative estimate of drug-likeness (QED) is 0.794. The molecule has 1 aromatic rings. The van der Waals surface area contributed by atoms with Crippen molar-refractivity contribution in [3.05, 3.63) is 35.4 Å². The van der Waals surface area contributed by atoms with Crippen molar-refractivity contribution in [3.8, 4) is 0 Å². The van der Waals surface area contributed by atoms with Crippen LogP contribution in [0.3, 0.4) is 0 Å².